The van der Waals surface area contributed by atoms with E-state index in [0.717, 1.165) is 21.8 Å². The first kappa shape index (κ1) is 9.82. The number of fused-ring (bicyclic) bond motifs is 2. The first-order valence-electron chi connectivity index (χ1n) is 4.75. The second kappa shape index (κ2) is 3.58. The lowest BCUT2D eigenvalue weighted by molar-refractivity contribution is 1.39. The quantitative estimate of drug-likeness (QED) is 0.561. The number of benzene rings is 1. The summed E-state index contributed by atoms with van der Waals surface area (Å²) in [5.74, 6) is 0. The summed E-state index contributed by atoms with van der Waals surface area (Å²) in [6, 6.07) is 7.45. The molecule has 0 aliphatic rings. The largest absolute Gasteiger partial charge is 0.255 e. The van der Waals surface area contributed by atoms with Gasteiger partial charge in [0.15, 0.2) is 0 Å². The fraction of sp³-hybridized carbons (Fsp3) is 0. The van der Waals surface area contributed by atoms with Gasteiger partial charge in [0.1, 0.15) is 0 Å². The van der Waals surface area contributed by atoms with Crippen LogP contribution in [0.15, 0.2) is 36.7 Å². The van der Waals surface area contributed by atoms with Crippen molar-refractivity contribution in [3.8, 4) is 0 Å². The minimum atomic E-state index is 0.600. The van der Waals surface area contributed by atoms with E-state index < -0.39 is 0 Å². The number of aromatic nitrogens is 2. The summed E-state index contributed by atoms with van der Waals surface area (Å²) in [7, 11) is 0. The van der Waals surface area contributed by atoms with Gasteiger partial charge in [-0.25, -0.2) is 0 Å². The average molecular weight is 249 g/mol. The van der Waals surface area contributed by atoms with Crippen molar-refractivity contribution in [1.82, 2.24) is 9.97 Å². The lowest BCUT2D eigenvalue weighted by Crippen LogP contribution is -1.86. The van der Waals surface area contributed by atoms with Crippen molar-refractivity contribution in [2.45, 2.75) is 0 Å². The molecule has 3 rings (SSSR count). The van der Waals surface area contributed by atoms with Crippen molar-refractivity contribution in [3.05, 3.63) is 46.7 Å². The topological polar surface area (TPSA) is 25.8 Å². The highest BCUT2D eigenvalue weighted by molar-refractivity contribution is 6.46. The van der Waals surface area contributed by atoms with Gasteiger partial charge in [-0.15, -0.1) is 0 Å². The molecule has 0 atom stereocenters. The molecule has 78 valence electrons. The fourth-order valence-electron chi connectivity index (χ4n) is 1.77. The molecule has 0 unspecified atom stereocenters. The second-order valence-corrected chi connectivity index (χ2v) is 4.18. The van der Waals surface area contributed by atoms with Crippen LogP contribution in [0.3, 0.4) is 0 Å². The van der Waals surface area contributed by atoms with Gasteiger partial charge in [0.25, 0.3) is 0 Å². The van der Waals surface area contributed by atoms with E-state index in [1.54, 1.807) is 12.4 Å². The maximum atomic E-state index is 6.29. The number of rotatable bonds is 0. The number of pyridine rings is 2. The van der Waals surface area contributed by atoms with Crippen LogP contribution in [0, 0.1) is 0 Å². The third-order valence-electron chi connectivity index (χ3n) is 2.50. The van der Waals surface area contributed by atoms with Crippen LogP contribution >= 0.6 is 23.2 Å². The normalized spacial score (nSPS) is 11.1. The first-order valence-corrected chi connectivity index (χ1v) is 5.51. The average Bonchev–Trinajstić information content (AvgIpc) is 2.36. The van der Waals surface area contributed by atoms with E-state index in [1.807, 2.05) is 24.3 Å². The van der Waals surface area contributed by atoms with E-state index in [4.69, 9.17) is 23.2 Å². The van der Waals surface area contributed by atoms with Crippen LogP contribution in [0.5, 0.6) is 0 Å². The lowest BCUT2D eigenvalue weighted by Gasteiger charge is -2.06. The van der Waals surface area contributed by atoms with Gasteiger partial charge in [-0.1, -0.05) is 23.2 Å². The minimum absolute atomic E-state index is 0.600. The van der Waals surface area contributed by atoms with E-state index >= 15 is 0 Å². The van der Waals surface area contributed by atoms with Crippen molar-refractivity contribution in [2.24, 2.45) is 0 Å². The van der Waals surface area contributed by atoms with Crippen LogP contribution in [0.2, 0.25) is 10.0 Å². The molecular weight excluding hydrogens is 243 g/mol. The molecule has 0 saturated carbocycles. The highest BCUT2D eigenvalue weighted by Crippen LogP contribution is 2.36. The standard InChI is InChI=1S/C12H6Cl2N2/c13-9-7-3-1-5-15-11(7)10(14)8-4-2-6-16-12(8)9/h1-6H. The van der Waals surface area contributed by atoms with E-state index in [1.165, 1.54) is 0 Å². The van der Waals surface area contributed by atoms with Crippen LogP contribution in [-0.4, -0.2) is 9.97 Å². The third-order valence-corrected chi connectivity index (χ3v) is 3.27. The van der Waals surface area contributed by atoms with Crippen LogP contribution in [0.1, 0.15) is 0 Å². The van der Waals surface area contributed by atoms with Crippen molar-refractivity contribution < 1.29 is 0 Å². The summed E-state index contributed by atoms with van der Waals surface area (Å²) >= 11 is 12.6. The maximum Gasteiger partial charge on any atom is 0.0910 e. The predicted molar refractivity (Wildman–Crippen MR) is 67.1 cm³/mol. The summed E-state index contributed by atoms with van der Waals surface area (Å²) in [6.45, 7) is 0. The molecule has 0 N–H and O–H groups in total. The highest BCUT2D eigenvalue weighted by atomic mass is 35.5. The van der Waals surface area contributed by atoms with Gasteiger partial charge in [0, 0.05) is 23.2 Å². The molecule has 2 aromatic heterocycles. The van der Waals surface area contributed by atoms with Gasteiger partial charge in [-0.3, -0.25) is 9.97 Å². The molecule has 0 spiro atoms. The summed E-state index contributed by atoms with van der Waals surface area (Å²) in [5, 5.41) is 2.87. The molecule has 1 aromatic carbocycles. The van der Waals surface area contributed by atoms with E-state index in [9.17, 15) is 0 Å². The molecule has 2 nitrogen and oxygen atoms in total. The summed E-state index contributed by atoms with van der Waals surface area (Å²) in [6.07, 6.45) is 3.40. The molecule has 3 aromatic rings. The van der Waals surface area contributed by atoms with E-state index in [-0.39, 0.29) is 0 Å². The van der Waals surface area contributed by atoms with Gasteiger partial charge in [0.05, 0.1) is 21.1 Å². The second-order valence-electron chi connectivity index (χ2n) is 3.43. The Morgan fingerprint density at radius 3 is 1.62 bits per heavy atom. The minimum Gasteiger partial charge on any atom is -0.255 e. The van der Waals surface area contributed by atoms with Crippen LogP contribution in [-0.2, 0) is 0 Å². The number of halogens is 2. The predicted octanol–water partition coefficient (Wildman–Crippen LogP) is 4.09. The van der Waals surface area contributed by atoms with Gasteiger partial charge < -0.3 is 0 Å². The van der Waals surface area contributed by atoms with E-state index in [0.29, 0.717) is 10.0 Å². The number of nitrogens with zero attached hydrogens (tertiary/aromatic N) is 2. The Morgan fingerprint density at radius 2 is 1.19 bits per heavy atom. The highest BCUT2D eigenvalue weighted by Gasteiger charge is 2.11. The monoisotopic (exact) mass is 248 g/mol. The molecule has 0 bridgehead atoms. The fourth-order valence-corrected chi connectivity index (χ4v) is 2.38. The summed E-state index contributed by atoms with van der Waals surface area (Å²) < 4.78 is 0. The Kier molecular flexibility index (Phi) is 2.20. The molecule has 0 radical (unpaired) electrons. The molecule has 2 heterocycles. The van der Waals surface area contributed by atoms with Crippen molar-refractivity contribution in [1.29, 1.82) is 0 Å². The zero-order valence-corrected chi connectivity index (χ0v) is 9.63. The molecule has 0 aliphatic heterocycles. The molecule has 0 aliphatic carbocycles. The number of hydrogen-bond acceptors (Lipinski definition) is 2. The van der Waals surface area contributed by atoms with E-state index in [2.05, 4.69) is 9.97 Å². The summed E-state index contributed by atoms with van der Waals surface area (Å²) in [5.41, 5.74) is 1.43. The Morgan fingerprint density at radius 1 is 0.750 bits per heavy atom. The van der Waals surface area contributed by atoms with Crippen LogP contribution in [0.4, 0.5) is 0 Å². The van der Waals surface area contributed by atoms with Crippen molar-refractivity contribution >= 4 is 45.0 Å². The van der Waals surface area contributed by atoms with Crippen molar-refractivity contribution in [2.75, 3.05) is 0 Å². The van der Waals surface area contributed by atoms with Crippen LogP contribution in [0.25, 0.3) is 21.8 Å². The molecule has 16 heavy (non-hydrogen) atoms. The molecule has 0 saturated heterocycles. The Hall–Kier alpha value is -1.38. The first-order chi connectivity index (χ1) is 7.79. The third kappa shape index (κ3) is 1.27. The Balaban J connectivity index is 2.67. The Labute approximate surface area is 102 Å². The van der Waals surface area contributed by atoms with Gasteiger partial charge in [-0.05, 0) is 24.3 Å². The number of hydrogen-bond donors (Lipinski definition) is 0. The van der Waals surface area contributed by atoms with Gasteiger partial charge in [-0.2, -0.15) is 0 Å². The molecule has 4 heteroatoms. The van der Waals surface area contributed by atoms with Gasteiger partial charge in [0.2, 0.25) is 0 Å². The smallest absolute Gasteiger partial charge is 0.0910 e. The van der Waals surface area contributed by atoms with Crippen molar-refractivity contribution in [3.63, 3.8) is 0 Å². The molecule has 0 fully saturated rings. The van der Waals surface area contributed by atoms with Gasteiger partial charge >= 0.3 is 0 Å². The zero-order valence-electron chi connectivity index (χ0n) is 8.11. The molecule has 0 amide bonds. The van der Waals surface area contributed by atoms with Crippen LogP contribution < -0.4 is 0 Å². The zero-order chi connectivity index (χ0) is 11.1. The SMILES string of the molecule is Clc1c2cccnc2c(Cl)c2cccnc12. The molecular formula is C12H6Cl2N2. The maximum absolute atomic E-state index is 6.29. The Bertz CT molecular complexity index is 578. The lowest BCUT2D eigenvalue weighted by atomic mass is 10.1. The summed E-state index contributed by atoms with van der Waals surface area (Å²) in [4.78, 5) is 8.50.